The van der Waals surface area contributed by atoms with E-state index in [2.05, 4.69) is 19.9 Å². The van der Waals surface area contributed by atoms with Crippen molar-refractivity contribution in [2.75, 3.05) is 6.61 Å². The first kappa shape index (κ1) is 7.97. The molecule has 2 rings (SSSR count). The van der Waals surface area contributed by atoms with Crippen molar-refractivity contribution in [1.29, 1.82) is 0 Å². The van der Waals surface area contributed by atoms with Crippen LogP contribution in [0.5, 0.6) is 5.88 Å². The number of hydrogen-bond acceptors (Lipinski definition) is 4. The molecule has 0 radical (unpaired) electrons. The van der Waals surface area contributed by atoms with Crippen LogP contribution in [0.4, 0.5) is 0 Å². The van der Waals surface area contributed by atoms with E-state index in [4.69, 9.17) is 4.74 Å². The summed E-state index contributed by atoms with van der Waals surface area (Å²) in [5.41, 5.74) is 1.40. The van der Waals surface area contributed by atoms with E-state index in [1.165, 1.54) is 6.33 Å². The molecule has 0 unspecified atom stereocenters. The Labute approximate surface area is 75.2 Å². The van der Waals surface area contributed by atoms with Gasteiger partial charge in [0.15, 0.2) is 5.65 Å². The molecule has 2 aromatic rings. The topological polar surface area (TPSA) is 63.7 Å². The Hall–Kier alpha value is -1.65. The maximum Gasteiger partial charge on any atom is 0.243 e. The quantitative estimate of drug-likeness (QED) is 0.765. The van der Waals surface area contributed by atoms with Gasteiger partial charge in [0.2, 0.25) is 5.88 Å². The predicted molar refractivity (Wildman–Crippen MR) is 47.5 cm³/mol. The zero-order valence-electron chi connectivity index (χ0n) is 7.32. The number of ether oxygens (including phenoxy) is 1. The summed E-state index contributed by atoms with van der Waals surface area (Å²) in [5, 5.41) is 0. The van der Waals surface area contributed by atoms with Gasteiger partial charge in [-0.3, -0.25) is 0 Å². The van der Waals surface area contributed by atoms with Crippen LogP contribution < -0.4 is 4.74 Å². The Morgan fingerprint density at radius 1 is 1.38 bits per heavy atom. The number of nitrogens with zero attached hydrogens (tertiary/aromatic N) is 3. The van der Waals surface area contributed by atoms with Gasteiger partial charge >= 0.3 is 0 Å². The van der Waals surface area contributed by atoms with Crippen LogP contribution in [0.3, 0.4) is 0 Å². The van der Waals surface area contributed by atoms with E-state index in [1.807, 2.05) is 6.92 Å². The second kappa shape index (κ2) is 3.38. The van der Waals surface area contributed by atoms with Crippen molar-refractivity contribution in [3.8, 4) is 5.88 Å². The fourth-order valence-electron chi connectivity index (χ4n) is 1.05. The summed E-state index contributed by atoms with van der Waals surface area (Å²) >= 11 is 0. The second-order valence-electron chi connectivity index (χ2n) is 2.63. The molecule has 5 nitrogen and oxygen atoms in total. The highest BCUT2D eigenvalue weighted by Crippen LogP contribution is 2.16. The summed E-state index contributed by atoms with van der Waals surface area (Å²) in [4.78, 5) is 14.9. The van der Waals surface area contributed by atoms with Crippen molar-refractivity contribution in [1.82, 2.24) is 19.9 Å². The number of aromatic amines is 1. The third-order valence-electron chi connectivity index (χ3n) is 1.63. The molecule has 0 aliphatic carbocycles. The van der Waals surface area contributed by atoms with E-state index in [-0.39, 0.29) is 0 Å². The molecule has 0 bridgehead atoms. The maximum absolute atomic E-state index is 5.40. The Kier molecular flexibility index (Phi) is 2.08. The number of aromatic nitrogens is 4. The van der Waals surface area contributed by atoms with Crippen molar-refractivity contribution in [2.45, 2.75) is 13.3 Å². The van der Waals surface area contributed by atoms with Gasteiger partial charge in [-0.1, -0.05) is 6.92 Å². The third-order valence-corrected chi connectivity index (χ3v) is 1.63. The van der Waals surface area contributed by atoms with E-state index in [0.29, 0.717) is 18.1 Å². The highest BCUT2D eigenvalue weighted by Gasteiger charge is 2.05. The standard InChI is InChI=1S/C8H10N4O/c1-2-3-13-8-6-7(10-4-9-6)11-5-12-8/h4-5H,2-3H2,1H3,(H,9,10,11,12). The molecule has 0 saturated carbocycles. The van der Waals surface area contributed by atoms with Crippen molar-refractivity contribution >= 4 is 11.2 Å². The highest BCUT2D eigenvalue weighted by atomic mass is 16.5. The van der Waals surface area contributed by atoms with E-state index in [1.54, 1.807) is 6.33 Å². The van der Waals surface area contributed by atoms with Gasteiger partial charge in [0.25, 0.3) is 0 Å². The highest BCUT2D eigenvalue weighted by molar-refractivity contribution is 5.74. The predicted octanol–water partition coefficient (Wildman–Crippen LogP) is 1.14. The lowest BCUT2D eigenvalue weighted by Crippen LogP contribution is -1.98. The molecule has 0 amide bonds. The molecule has 0 aliphatic rings. The van der Waals surface area contributed by atoms with E-state index in [0.717, 1.165) is 11.9 Å². The lowest BCUT2D eigenvalue weighted by Gasteiger charge is -2.02. The van der Waals surface area contributed by atoms with Crippen LogP contribution in [0.2, 0.25) is 0 Å². The number of H-pyrrole nitrogens is 1. The van der Waals surface area contributed by atoms with Gasteiger partial charge < -0.3 is 9.72 Å². The Balaban J connectivity index is 2.37. The first-order valence-electron chi connectivity index (χ1n) is 4.18. The summed E-state index contributed by atoms with van der Waals surface area (Å²) in [6, 6.07) is 0. The average molecular weight is 178 g/mol. The third kappa shape index (κ3) is 1.44. The van der Waals surface area contributed by atoms with Gasteiger partial charge in [-0.2, -0.15) is 4.98 Å². The summed E-state index contributed by atoms with van der Waals surface area (Å²) in [5.74, 6) is 0.573. The van der Waals surface area contributed by atoms with Crippen molar-refractivity contribution < 1.29 is 4.74 Å². The smallest absolute Gasteiger partial charge is 0.243 e. The monoisotopic (exact) mass is 178 g/mol. The van der Waals surface area contributed by atoms with Gasteiger partial charge in [0.1, 0.15) is 11.8 Å². The molecule has 0 atom stereocenters. The zero-order chi connectivity index (χ0) is 9.10. The summed E-state index contributed by atoms with van der Waals surface area (Å²) < 4.78 is 5.40. The van der Waals surface area contributed by atoms with Crippen LogP contribution >= 0.6 is 0 Å². The van der Waals surface area contributed by atoms with Crippen molar-refractivity contribution in [3.05, 3.63) is 12.7 Å². The molecule has 13 heavy (non-hydrogen) atoms. The first-order valence-corrected chi connectivity index (χ1v) is 4.18. The number of hydrogen-bond donors (Lipinski definition) is 1. The molecule has 0 saturated heterocycles. The minimum absolute atomic E-state index is 0.573. The number of fused-ring (bicyclic) bond motifs is 1. The Bertz CT molecular complexity index is 398. The van der Waals surface area contributed by atoms with Crippen LogP contribution in [-0.4, -0.2) is 26.5 Å². The lowest BCUT2D eigenvalue weighted by atomic mass is 10.5. The van der Waals surface area contributed by atoms with Gasteiger partial charge in [0.05, 0.1) is 12.9 Å². The molecule has 0 aliphatic heterocycles. The number of nitrogens with one attached hydrogen (secondary N) is 1. The molecule has 68 valence electrons. The van der Waals surface area contributed by atoms with E-state index in [9.17, 15) is 0 Å². The number of rotatable bonds is 3. The van der Waals surface area contributed by atoms with Gasteiger partial charge in [-0.05, 0) is 6.42 Å². The van der Waals surface area contributed by atoms with Gasteiger partial charge in [-0.15, -0.1) is 0 Å². The number of imidazole rings is 1. The maximum atomic E-state index is 5.40. The van der Waals surface area contributed by atoms with Crippen LogP contribution in [0.15, 0.2) is 12.7 Å². The molecule has 0 spiro atoms. The summed E-state index contributed by atoms with van der Waals surface area (Å²) in [6.07, 6.45) is 3.99. The van der Waals surface area contributed by atoms with E-state index >= 15 is 0 Å². The Morgan fingerprint density at radius 2 is 2.31 bits per heavy atom. The van der Waals surface area contributed by atoms with Crippen molar-refractivity contribution in [2.24, 2.45) is 0 Å². The van der Waals surface area contributed by atoms with Gasteiger partial charge in [0, 0.05) is 0 Å². The molecular formula is C8H10N4O. The first-order chi connectivity index (χ1) is 6.42. The summed E-state index contributed by atoms with van der Waals surface area (Å²) in [7, 11) is 0. The summed E-state index contributed by atoms with van der Waals surface area (Å²) in [6.45, 7) is 2.70. The molecule has 0 fully saturated rings. The van der Waals surface area contributed by atoms with Crippen molar-refractivity contribution in [3.63, 3.8) is 0 Å². The average Bonchev–Trinajstić information content (AvgIpc) is 2.62. The molecule has 2 aromatic heterocycles. The zero-order valence-corrected chi connectivity index (χ0v) is 7.32. The second-order valence-corrected chi connectivity index (χ2v) is 2.63. The minimum atomic E-state index is 0.573. The van der Waals surface area contributed by atoms with Crippen LogP contribution in [0.25, 0.3) is 11.2 Å². The van der Waals surface area contributed by atoms with Crippen LogP contribution in [0, 0.1) is 0 Å². The molecule has 0 aromatic carbocycles. The van der Waals surface area contributed by atoms with E-state index < -0.39 is 0 Å². The molecular weight excluding hydrogens is 168 g/mol. The fraction of sp³-hybridized carbons (Fsp3) is 0.375. The Morgan fingerprint density at radius 3 is 3.15 bits per heavy atom. The molecule has 5 heteroatoms. The minimum Gasteiger partial charge on any atom is -0.476 e. The van der Waals surface area contributed by atoms with Crippen LogP contribution in [-0.2, 0) is 0 Å². The normalized spacial score (nSPS) is 10.5. The lowest BCUT2D eigenvalue weighted by molar-refractivity contribution is 0.308. The molecule has 1 N–H and O–H groups in total. The largest absolute Gasteiger partial charge is 0.476 e. The molecule has 2 heterocycles. The van der Waals surface area contributed by atoms with Crippen LogP contribution in [0.1, 0.15) is 13.3 Å². The SMILES string of the molecule is CCCOc1ncnc2nc[nH]c12. The fourth-order valence-corrected chi connectivity index (χ4v) is 1.05. The van der Waals surface area contributed by atoms with Gasteiger partial charge in [-0.25, -0.2) is 9.97 Å².